The van der Waals surface area contributed by atoms with Gasteiger partial charge in [-0.2, -0.15) is 0 Å². The largest absolute Gasteiger partial charge is 0.477 e. The average Bonchev–Trinajstić information content (AvgIpc) is 3.13. The van der Waals surface area contributed by atoms with Crippen LogP contribution >= 0.6 is 11.6 Å². The van der Waals surface area contributed by atoms with Gasteiger partial charge >= 0.3 is 11.0 Å². The van der Waals surface area contributed by atoms with Gasteiger partial charge in [0.1, 0.15) is 5.75 Å². The van der Waals surface area contributed by atoms with E-state index < -0.39 is 22.6 Å². The summed E-state index contributed by atoms with van der Waals surface area (Å²) < 4.78 is 5.09. The number of carboxylic acids is 1. The SMILES string of the molecule is CCC=C[C@H]1CCC[C@@H]1CC=CC(=[16O])C([16OH])([16OH])C(Cl)(Oc1ccccc1)C(=O)O. The van der Waals surface area contributed by atoms with Crippen LogP contribution in [0, 0.1) is 11.8 Å². The summed E-state index contributed by atoms with van der Waals surface area (Å²) in [7, 11) is 0. The van der Waals surface area contributed by atoms with Gasteiger partial charge in [0, 0.05) is 0 Å². The third-order valence-electron chi connectivity index (χ3n) is 5.11. The van der Waals surface area contributed by atoms with E-state index in [4.69, 9.17) is 16.3 Å². The first kappa shape index (κ1) is 23.1. The maximum Gasteiger partial charge on any atom is 0.370 e. The van der Waals surface area contributed by atoms with Gasteiger partial charge in [0.25, 0.3) is 5.79 Å². The Labute approximate surface area is 175 Å². The molecule has 3 N–H and O–H groups in total. The van der Waals surface area contributed by atoms with Crippen molar-refractivity contribution in [1.82, 2.24) is 0 Å². The van der Waals surface area contributed by atoms with Crippen molar-refractivity contribution in [2.24, 2.45) is 11.8 Å². The molecular formula is C22H27ClO6. The Kier molecular flexibility index (Phi) is 8.02. The quantitative estimate of drug-likeness (QED) is 0.230. The maximum absolute atomic E-state index is 12.4. The fourth-order valence-electron chi connectivity index (χ4n) is 3.46. The molecule has 158 valence electrons. The van der Waals surface area contributed by atoms with Crippen LogP contribution in [0.5, 0.6) is 5.75 Å². The van der Waals surface area contributed by atoms with Gasteiger partial charge in [-0.3, -0.25) is 4.79 Å². The van der Waals surface area contributed by atoms with E-state index in [0.717, 1.165) is 31.8 Å². The molecule has 0 bridgehead atoms. The van der Waals surface area contributed by atoms with E-state index in [1.165, 1.54) is 18.2 Å². The van der Waals surface area contributed by atoms with Gasteiger partial charge in [-0.05, 0) is 55.7 Å². The van der Waals surface area contributed by atoms with E-state index in [-0.39, 0.29) is 5.75 Å². The number of rotatable bonds is 10. The second kappa shape index (κ2) is 10.1. The molecular weight excluding hydrogens is 396 g/mol. The summed E-state index contributed by atoms with van der Waals surface area (Å²) in [4.78, 5) is 24.0. The highest BCUT2D eigenvalue weighted by atomic mass is 35.5. The summed E-state index contributed by atoms with van der Waals surface area (Å²) in [6, 6.07) is 7.55. The van der Waals surface area contributed by atoms with Gasteiger partial charge in [0.05, 0.1) is 0 Å². The number of aliphatic hydroxyl groups is 2. The zero-order valence-electron chi connectivity index (χ0n) is 16.3. The van der Waals surface area contributed by atoms with Crippen LogP contribution in [-0.4, -0.2) is 37.9 Å². The molecule has 0 aliphatic heterocycles. The predicted octanol–water partition coefficient (Wildman–Crippen LogP) is 3.66. The molecule has 1 unspecified atom stereocenters. The third-order valence-corrected chi connectivity index (χ3v) is 5.62. The molecule has 6 nitrogen and oxygen atoms in total. The number of hydrogen-bond donors (Lipinski definition) is 3. The minimum absolute atomic E-state index is 0.0225. The Balaban J connectivity index is 2.10. The Morgan fingerprint density at radius 3 is 2.52 bits per heavy atom. The monoisotopic (exact) mass is 422 g/mol. The minimum Gasteiger partial charge on any atom is -0.477 e. The zero-order chi connectivity index (χ0) is 21.5. The molecule has 0 amide bonds. The molecule has 7 heteroatoms. The standard InChI is InChI=1S/C22H27ClO6/c1-2-3-9-16-10-7-11-17(16)12-8-15-19(24)22(27,28)21(23,20(25)26)29-18-13-5-4-6-14-18/h3-6,8-9,13-17,27-28H,2,7,10-12H2,1H3,(H,25,26)/t16-,17+,21?/m0/s1/i24+0,27+0,28+0. The van der Waals surface area contributed by atoms with Gasteiger partial charge in [0.2, 0.25) is 5.78 Å². The van der Waals surface area contributed by atoms with Crippen LogP contribution in [0.25, 0.3) is 0 Å². The Morgan fingerprint density at radius 1 is 1.21 bits per heavy atom. The number of aliphatic carboxylic acids is 1. The van der Waals surface area contributed by atoms with Crippen molar-refractivity contribution in [3.8, 4) is 5.75 Å². The van der Waals surface area contributed by atoms with Crippen LogP contribution in [-0.2, 0) is 9.59 Å². The van der Waals surface area contributed by atoms with Crippen molar-refractivity contribution < 1.29 is 29.6 Å². The van der Waals surface area contributed by atoms with Crippen LogP contribution < -0.4 is 4.74 Å². The number of para-hydroxylation sites is 1. The van der Waals surface area contributed by atoms with Crippen LogP contribution in [0.4, 0.5) is 0 Å². The number of ketones is 1. The van der Waals surface area contributed by atoms with Crippen molar-refractivity contribution in [3.63, 3.8) is 0 Å². The van der Waals surface area contributed by atoms with Gasteiger partial charge in [-0.25, -0.2) is 4.79 Å². The van der Waals surface area contributed by atoms with Crippen LogP contribution in [0.3, 0.4) is 0 Å². The fourth-order valence-corrected chi connectivity index (χ4v) is 3.64. The molecule has 0 aromatic heterocycles. The third kappa shape index (κ3) is 5.47. The first-order valence-electron chi connectivity index (χ1n) is 9.71. The van der Waals surface area contributed by atoms with E-state index in [2.05, 4.69) is 19.1 Å². The summed E-state index contributed by atoms with van der Waals surface area (Å²) in [6.07, 6.45) is 11.6. The summed E-state index contributed by atoms with van der Waals surface area (Å²) in [5.74, 6) is -5.86. The average molecular weight is 423 g/mol. The van der Waals surface area contributed by atoms with Gasteiger partial charge in [-0.15, -0.1) is 0 Å². The predicted molar refractivity (Wildman–Crippen MR) is 109 cm³/mol. The maximum atomic E-state index is 12.4. The second-order valence-corrected chi connectivity index (χ2v) is 7.71. The molecule has 1 aromatic carbocycles. The molecule has 1 saturated carbocycles. The lowest BCUT2D eigenvalue weighted by Gasteiger charge is -2.33. The molecule has 2 rings (SSSR count). The van der Waals surface area contributed by atoms with E-state index in [1.807, 2.05) is 0 Å². The highest BCUT2D eigenvalue weighted by Crippen LogP contribution is 2.36. The number of hydrogen-bond acceptors (Lipinski definition) is 5. The molecule has 1 aromatic rings. The van der Waals surface area contributed by atoms with Crippen molar-refractivity contribution in [2.75, 3.05) is 0 Å². The Morgan fingerprint density at radius 2 is 1.90 bits per heavy atom. The number of halogens is 1. The molecule has 0 spiro atoms. The number of alkyl halides is 1. The number of carbonyl (C=O) groups excluding carboxylic acids is 1. The Hall–Kier alpha value is -2.15. The normalized spacial score (nSPS) is 22.1. The van der Waals surface area contributed by atoms with Crippen molar-refractivity contribution >= 4 is 23.4 Å². The fraction of sp³-hybridized carbons (Fsp3) is 0.455. The number of benzene rings is 1. The van der Waals surface area contributed by atoms with Crippen molar-refractivity contribution in [1.29, 1.82) is 0 Å². The number of ether oxygens (including phenoxy) is 1. The first-order chi connectivity index (χ1) is 13.7. The number of carbonyl (C=O) groups is 2. The summed E-state index contributed by atoms with van der Waals surface area (Å²) >= 11 is 5.90. The summed E-state index contributed by atoms with van der Waals surface area (Å²) in [6.45, 7) is 2.07. The topological polar surface area (TPSA) is 104 Å². The molecule has 1 aliphatic rings. The second-order valence-electron chi connectivity index (χ2n) is 7.18. The molecule has 29 heavy (non-hydrogen) atoms. The lowest BCUT2D eigenvalue weighted by Crippen LogP contribution is -2.63. The minimum atomic E-state index is -3.47. The molecule has 0 radical (unpaired) electrons. The van der Waals surface area contributed by atoms with Crippen LogP contribution in [0.2, 0.25) is 0 Å². The van der Waals surface area contributed by atoms with Crippen molar-refractivity contribution in [2.45, 2.75) is 49.9 Å². The Bertz CT molecular complexity index is 758. The highest BCUT2D eigenvalue weighted by Gasteiger charge is 2.62. The lowest BCUT2D eigenvalue weighted by molar-refractivity contribution is -0.227. The smallest absolute Gasteiger partial charge is 0.370 e. The zero-order valence-corrected chi connectivity index (χ0v) is 17.1. The van der Waals surface area contributed by atoms with E-state index in [9.17, 15) is 24.9 Å². The van der Waals surface area contributed by atoms with Crippen LogP contribution in [0.1, 0.15) is 39.0 Å². The molecule has 1 aliphatic carbocycles. The molecule has 0 saturated heterocycles. The molecule has 1 fully saturated rings. The van der Waals surface area contributed by atoms with Crippen LogP contribution in [0.15, 0.2) is 54.6 Å². The highest BCUT2D eigenvalue weighted by molar-refractivity contribution is 6.35. The molecule has 3 atom stereocenters. The number of carboxylic acid groups (broad SMARTS) is 1. The first-order valence-corrected chi connectivity index (χ1v) is 10.1. The van der Waals surface area contributed by atoms with E-state index >= 15 is 0 Å². The summed E-state index contributed by atoms with van der Waals surface area (Å²) in [5, 5.41) is 26.9. The van der Waals surface area contributed by atoms with Crippen molar-refractivity contribution in [3.05, 3.63) is 54.6 Å². The van der Waals surface area contributed by atoms with Gasteiger partial charge in [0.15, 0.2) is 0 Å². The lowest BCUT2D eigenvalue weighted by atomic mass is 9.91. The van der Waals surface area contributed by atoms with Gasteiger partial charge in [-0.1, -0.05) is 61.4 Å². The molecule has 0 heterocycles. The van der Waals surface area contributed by atoms with Gasteiger partial charge < -0.3 is 20.1 Å². The summed E-state index contributed by atoms with van der Waals surface area (Å²) in [5.41, 5.74) is 0. The van der Waals surface area contributed by atoms with E-state index in [0.29, 0.717) is 18.3 Å². The van der Waals surface area contributed by atoms with E-state index in [1.54, 1.807) is 18.2 Å². The number of allylic oxidation sites excluding steroid dienone is 3.